The molecule has 0 unspecified atom stereocenters. The highest BCUT2D eigenvalue weighted by Gasteiger charge is 2.06. The van der Waals surface area contributed by atoms with Crippen molar-refractivity contribution in [3.8, 4) is 23.0 Å². The predicted molar refractivity (Wildman–Crippen MR) is 113 cm³/mol. The summed E-state index contributed by atoms with van der Waals surface area (Å²) in [6.07, 6.45) is 4.66. The first kappa shape index (κ1) is 20.6. The second-order valence-corrected chi connectivity index (χ2v) is 5.83. The van der Waals surface area contributed by atoms with Crippen molar-refractivity contribution in [3.05, 3.63) is 53.9 Å². The van der Waals surface area contributed by atoms with Gasteiger partial charge in [-0.25, -0.2) is 5.43 Å². The van der Waals surface area contributed by atoms with E-state index in [0.717, 1.165) is 11.1 Å². The lowest BCUT2D eigenvalue weighted by atomic mass is 10.2. The van der Waals surface area contributed by atoms with Crippen molar-refractivity contribution in [2.75, 3.05) is 33.9 Å². The van der Waals surface area contributed by atoms with E-state index >= 15 is 0 Å². The zero-order chi connectivity index (χ0) is 21.3. The Morgan fingerprint density at radius 2 is 1.43 bits per heavy atom. The molecule has 0 spiro atoms. The highest BCUT2D eigenvalue weighted by atomic mass is 16.5. The molecule has 0 aliphatic heterocycles. The van der Waals surface area contributed by atoms with Crippen molar-refractivity contribution in [2.45, 2.75) is 0 Å². The van der Waals surface area contributed by atoms with Gasteiger partial charge in [0.05, 0.1) is 40.9 Å². The van der Waals surface area contributed by atoms with E-state index in [1.165, 1.54) is 11.0 Å². The van der Waals surface area contributed by atoms with Gasteiger partial charge in [-0.05, 0) is 36.4 Å². The van der Waals surface area contributed by atoms with Crippen molar-refractivity contribution in [2.24, 2.45) is 10.2 Å². The van der Waals surface area contributed by atoms with Gasteiger partial charge in [0, 0.05) is 11.1 Å². The largest absolute Gasteiger partial charge is 0.497 e. The van der Waals surface area contributed by atoms with E-state index in [1.807, 2.05) is 24.3 Å². The van der Waals surface area contributed by atoms with Gasteiger partial charge in [-0.3, -0.25) is 0 Å². The maximum Gasteiger partial charge on any atom is 0.265 e. The minimum Gasteiger partial charge on any atom is -0.497 e. The van der Waals surface area contributed by atoms with Crippen molar-refractivity contribution in [1.29, 1.82) is 0 Å². The van der Waals surface area contributed by atoms with Crippen LogP contribution < -0.4 is 24.4 Å². The molecule has 0 amide bonds. The molecule has 156 valence electrons. The first-order valence-corrected chi connectivity index (χ1v) is 8.86. The molecular formula is C20H22N6O4. The normalized spacial score (nSPS) is 11.1. The van der Waals surface area contributed by atoms with E-state index in [2.05, 4.69) is 25.8 Å². The number of rotatable bonds is 9. The monoisotopic (exact) mass is 410 g/mol. The van der Waals surface area contributed by atoms with Crippen LogP contribution in [0.4, 0.5) is 5.95 Å². The molecule has 0 saturated heterocycles. The number of methoxy groups -OCH3 is 4. The van der Waals surface area contributed by atoms with Crippen LogP contribution in [0.5, 0.6) is 23.0 Å². The van der Waals surface area contributed by atoms with Gasteiger partial charge in [-0.15, -0.1) is 10.2 Å². The molecule has 2 aromatic carbocycles. The lowest BCUT2D eigenvalue weighted by Crippen LogP contribution is -2.00. The summed E-state index contributed by atoms with van der Waals surface area (Å²) in [5, 5.41) is 16.4. The van der Waals surface area contributed by atoms with Crippen molar-refractivity contribution >= 4 is 18.4 Å². The second kappa shape index (κ2) is 9.92. The van der Waals surface area contributed by atoms with Crippen molar-refractivity contribution in [3.63, 3.8) is 0 Å². The molecule has 0 saturated carbocycles. The molecule has 1 aromatic heterocycles. The predicted octanol–water partition coefficient (Wildman–Crippen LogP) is 2.64. The molecule has 0 aliphatic carbocycles. The van der Waals surface area contributed by atoms with Crippen LogP contribution in [0.3, 0.4) is 0 Å². The average molecular weight is 410 g/mol. The fourth-order valence-electron chi connectivity index (χ4n) is 2.55. The molecule has 0 fully saturated rings. The van der Waals surface area contributed by atoms with E-state index in [1.54, 1.807) is 53.0 Å². The van der Waals surface area contributed by atoms with Crippen LogP contribution in [-0.2, 0) is 0 Å². The summed E-state index contributed by atoms with van der Waals surface area (Å²) in [5.41, 5.74) is 4.28. The van der Waals surface area contributed by atoms with Gasteiger partial charge >= 0.3 is 0 Å². The molecule has 0 bridgehead atoms. The Hall–Kier alpha value is -4.08. The molecule has 1 heterocycles. The van der Waals surface area contributed by atoms with Gasteiger partial charge < -0.3 is 18.9 Å². The lowest BCUT2D eigenvalue weighted by molar-refractivity contribution is 0.402. The van der Waals surface area contributed by atoms with Crippen molar-refractivity contribution in [1.82, 2.24) is 14.9 Å². The summed E-state index contributed by atoms with van der Waals surface area (Å²) in [6.45, 7) is 0. The van der Waals surface area contributed by atoms with Gasteiger partial charge in [-0.2, -0.15) is 14.9 Å². The van der Waals surface area contributed by atoms with Crippen LogP contribution in [0, 0.1) is 0 Å². The zero-order valence-electron chi connectivity index (χ0n) is 17.1. The Balaban J connectivity index is 1.77. The smallest absolute Gasteiger partial charge is 0.265 e. The van der Waals surface area contributed by atoms with Crippen LogP contribution in [0.1, 0.15) is 11.1 Å². The maximum atomic E-state index is 5.35. The summed E-state index contributed by atoms with van der Waals surface area (Å²) in [7, 11) is 6.37. The minimum atomic E-state index is 0.325. The first-order chi connectivity index (χ1) is 14.7. The summed E-state index contributed by atoms with van der Waals surface area (Å²) in [6, 6.07) is 10.8. The number of aromatic nitrogens is 3. The van der Waals surface area contributed by atoms with Crippen molar-refractivity contribution < 1.29 is 18.9 Å². The Labute approximate surface area is 173 Å². The summed E-state index contributed by atoms with van der Waals surface area (Å²) in [4.78, 5) is 0. The van der Waals surface area contributed by atoms with E-state index in [4.69, 9.17) is 18.9 Å². The summed E-state index contributed by atoms with van der Waals surface area (Å²) >= 11 is 0. The molecule has 30 heavy (non-hydrogen) atoms. The highest BCUT2D eigenvalue weighted by molar-refractivity contribution is 5.85. The number of ether oxygens (including phenoxy) is 4. The Bertz CT molecular complexity index is 1050. The topological polar surface area (TPSA) is 104 Å². The van der Waals surface area contributed by atoms with Gasteiger partial charge in [0.25, 0.3) is 5.95 Å². The third-order valence-corrected chi connectivity index (χ3v) is 4.09. The molecule has 10 nitrogen and oxygen atoms in total. The molecule has 0 radical (unpaired) electrons. The highest BCUT2D eigenvalue weighted by Crippen LogP contribution is 2.23. The number of hydrogen-bond donors (Lipinski definition) is 1. The molecule has 1 N–H and O–H groups in total. The maximum absolute atomic E-state index is 5.35. The summed E-state index contributed by atoms with van der Waals surface area (Å²) < 4.78 is 22.6. The molecule has 3 aromatic rings. The fraction of sp³-hybridized carbons (Fsp3) is 0.200. The van der Waals surface area contributed by atoms with Gasteiger partial charge in [-0.1, -0.05) is 0 Å². The second-order valence-electron chi connectivity index (χ2n) is 5.83. The number of hydrogen-bond acceptors (Lipinski definition) is 9. The molecule has 10 heteroatoms. The Kier molecular flexibility index (Phi) is 6.83. The van der Waals surface area contributed by atoms with Gasteiger partial charge in [0.15, 0.2) is 0 Å². The SMILES string of the molecule is COc1ccc(OC)c(C=NNc2nncn2N=Cc2cc(OC)ccc2OC)c1. The van der Waals surface area contributed by atoms with Gasteiger partial charge in [0.2, 0.25) is 0 Å². The van der Waals surface area contributed by atoms with Gasteiger partial charge in [0.1, 0.15) is 29.3 Å². The number of nitrogens with zero attached hydrogens (tertiary/aromatic N) is 5. The van der Waals surface area contributed by atoms with E-state index < -0.39 is 0 Å². The van der Waals surface area contributed by atoms with Crippen LogP contribution in [-0.4, -0.2) is 55.7 Å². The lowest BCUT2D eigenvalue weighted by Gasteiger charge is -2.07. The molecule has 3 rings (SSSR count). The third kappa shape index (κ3) is 4.85. The van der Waals surface area contributed by atoms with Crippen LogP contribution in [0.2, 0.25) is 0 Å². The van der Waals surface area contributed by atoms with Crippen LogP contribution in [0.25, 0.3) is 0 Å². The molecule has 0 atom stereocenters. The van der Waals surface area contributed by atoms with Crippen LogP contribution >= 0.6 is 0 Å². The average Bonchev–Trinajstić information content (AvgIpc) is 3.24. The van der Waals surface area contributed by atoms with E-state index in [-0.39, 0.29) is 0 Å². The third-order valence-electron chi connectivity index (χ3n) is 4.09. The van der Waals surface area contributed by atoms with E-state index in [0.29, 0.717) is 28.9 Å². The number of benzene rings is 2. The zero-order valence-corrected chi connectivity index (χ0v) is 17.1. The fourth-order valence-corrected chi connectivity index (χ4v) is 2.55. The Morgan fingerprint density at radius 3 is 2.00 bits per heavy atom. The molecule has 0 aliphatic rings. The number of anilines is 1. The standard InChI is InChI=1S/C20H22N6O4/c1-27-16-5-7-18(29-3)14(9-16)11-21-24-20-25-22-13-26(20)23-12-15-10-17(28-2)6-8-19(15)30-4/h5-13H,1-4H3,(H,24,25). The number of nitrogens with one attached hydrogen (secondary N) is 1. The quantitative estimate of drug-likeness (QED) is 0.427. The van der Waals surface area contributed by atoms with Crippen LogP contribution in [0.15, 0.2) is 52.9 Å². The minimum absolute atomic E-state index is 0.325. The Morgan fingerprint density at radius 1 is 0.833 bits per heavy atom. The number of hydrazone groups is 1. The summed E-state index contributed by atoms with van der Waals surface area (Å²) in [5.74, 6) is 3.02. The first-order valence-electron chi connectivity index (χ1n) is 8.86. The molecular weight excluding hydrogens is 388 g/mol. The van der Waals surface area contributed by atoms with E-state index in [9.17, 15) is 0 Å².